The van der Waals surface area contributed by atoms with Crippen molar-refractivity contribution >= 4 is 0 Å². The van der Waals surface area contributed by atoms with E-state index < -0.39 is 0 Å². The summed E-state index contributed by atoms with van der Waals surface area (Å²) in [4.78, 5) is 0. The van der Waals surface area contributed by atoms with Gasteiger partial charge in [0.2, 0.25) is 0 Å². The van der Waals surface area contributed by atoms with E-state index in [4.69, 9.17) is 9.47 Å². The predicted octanol–water partition coefficient (Wildman–Crippen LogP) is 3.43. The molecule has 122 valence electrons. The molecule has 1 N–H and O–H groups in total. The van der Waals surface area contributed by atoms with E-state index in [1.165, 1.54) is 11.1 Å². The van der Waals surface area contributed by atoms with Crippen LogP contribution in [0, 0.1) is 5.92 Å². The fourth-order valence-electron chi connectivity index (χ4n) is 3.15. The molecule has 2 aromatic carbocycles. The normalized spacial score (nSPS) is 21.1. The molecule has 0 aliphatic carbocycles. The molecule has 0 spiro atoms. The van der Waals surface area contributed by atoms with E-state index in [9.17, 15) is 0 Å². The van der Waals surface area contributed by atoms with Crippen molar-refractivity contribution in [1.29, 1.82) is 0 Å². The number of hydrogen-bond acceptors (Lipinski definition) is 3. The highest BCUT2D eigenvalue weighted by Crippen LogP contribution is 2.20. The Bertz CT molecular complexity index is 582. The van der Waals surface area contributed by atoms with Crippen molar-refractivity contribution in [3.05, 3.63) is 65.7 Å². The molecule has 0 aromatic heterocycles. The van der Waals surface area contributed by atoms with Gasteiger partial charge < -0.3 is 14.8 Å². The fourth-order valence-corrected chi connectivity index (χ4v) is 3.15. The van der Waals surface area contributed by atoms with Crippen molar-refractivity contribution in [2.45, 2.75) is 25.6 Å². The third-order valence-corrected chi connectivity index (χ3v) is 4.41. The summed E-state index contributed by atoms with van der Waals surface area (Å²) in [5.41, 5.74) is 2.60. The van der Waals surface area contributed by atoms with Crippen molar-refractivity contribution in [2.75, 3.05) is 20.2 Å². The standard InChI is InChI=1S/C20H25NO2/c1-22-19-9-7-17(8-10-19)15-23-20-12-18(13-21-14-20)11-16-5-3-2-4-6-16/h2-10,18,20-21H,11-15H2,1H3/t18-,20+/m0/s1. The minimum absolute atomic E-state index is 0.291. The SMILES string of the molecule is COc1ccc(CO[C@H]2CNC[C@@H](Cc3ccccc3)C2)cc1. The van der Waals surface area contributed by atoms with Gasteiger partial charge in [0.25, 0.3) is 0 Å². The van der Waals surface area contributed by atoms with Crippen LogP contribution in [0.1, 0.15) is 17.5 Å². The van der Waals surface area contributed by atoms with Crippen molar-refractivity contribution in [1.82, 2.24) is 5.32 Å². The lowest BCUT2D eigenvalue weighted by atomic mass is 9.91. The molecule has 0 unspecified atom stereocenters. The Kier molecular flexibility index (Phi) is 5.67. The molecule has 1 fully saturated rings. The highest BCUT2D eigenvalue weighted by Gasteiger charge is 2.22. The van der Waals surface area contributed by atoms with Crippen LogP contribution in [0.4, 0.5) is 0 Å². The molecular weight excluding hydrogens is 286 g/mol. The Hall–Kier alpha value is -1.84. The average molecular weight is 311 g/mol. The Morgan fingerprint density at radius 3 is 2.48 bits per heavy atom. The number of piperidine rings is 1. The molecule has 1 heterocycles. The lowest BCUT2D eigenvalue weighted by molar-refractivity contribution is 0.0114. The van der Waals surface area contributed by atoms with Gasteiger partial charge in [0.05, 0.1) is 19.8 Å². The largest absolute Gasteiger partial charge is 0.497 e. The zero-order valence-electron chi connectivity index (χ0n) is 13.7. The summed E-state index contributed by atoms with van der Waals surface area (Å²) < 4.78 is 11.3. The van der Waals surface area contributed by atoms with E-state index in [-0.39, 0.29) is 0 Å². The van der Waals surface area contributed by atoms with Crippen molar-refractivity contribution in [3.8, 4) is 5.75 Å². The first kappa shape index (κ1) is 16.0. The van der Waals surface area contributed by atoms with E-state index in [0.29, 0.717) is 18.6 Å². The van der Waals surface area contributed by atoms with Crippen LogP contribution < -0.4 is 10.1 Å². The quantitative estimate of drug-likeness (QED) is 0.886. The zero-order chi connectivity index (χ0) is 15.9. The van der Waals surface area contributed by atoms with Gasteiger partial charge in [0.1, 0.15) is 5.75 Å². The molecule has 3 rings (SSSR count). The van der Waals surface area contributed by atoms with Gasteiger partial charge in [-0.1, -0.05) is 42.5 Å². The van der Waals surface area contributed by atoms with Gasteiger partial charge in [-0.25, -0.2) is 0 Å². The number of methoxy groups -OCH3 is 1. The number of rotatable bonds is 6. The van der Waals surface area contributed by atoms with Crippen LogP contribution >= 0.6 is 0 Å². The summed E-state index contributed by atoms with van der Waals surface area (Å²) in [6.45, 7) is 2.69. The third-order valence-electron chi connectivity index (χ3n) is 4.41. The van der Waals surface area contributed by atoms with Crippen molar-refractivity contribution in [2.24, 2.45) is 5.92 Å². The number of hydrogen-bond donors (Lipinski definition) is 1. The van der Waals surface area contributed by atoms with Crippen LogP contribution in [-0.4, -0.2) is 26.3 Å². The highest BCUT2D eigenvalue weighted by atomic mass is 16.5. The molecular formula is C20H25NO2. The maximum Gasteiger partial charge on any atom is 0.118 e. The molecule has 23 heavy (non-hydrogen) atoms. The van der Waals surface area contributed by atoms with Gasteiger partial charge in [-0.2, -0.15) is 0 Å². The Morgan fingerprint density at radius 2 is 1.74 bits per heavy atom. The second-order valence-electron chi connectivity index (χ2n) is 6.23. The lowest BCUT2D eigenvalue weighted by Gasteiger charge is -2.30. The first-order valence-corrected chi connectivity index (χ1v) is 8.32. The second-order valence-corrected chi connectivity index (χ2v) is 6.23. The molecule has 0 radical (unpaired) electrons. The van der Waals surface area contributed by atoms with E-state index in [2.05, 4.69) is 47.8 Å². The number of ether oxygens (including phenoxy) is 2. The van der Waals surface area contributed by atoms with E-state index in [0.717, 1.165) is 31.7 Å². The first-order valence-electron chi connectivity index (χ1n) is 8.32. The van der Waals surface area contributed by atoms with Crippen LogP contribution in [0.15, 0.2) is 54.6 Å². The average Bonchev–Trinajstić information content (AvgIpc) is 2.62. The van der Waals surface area contributed by atoms with Gasteiger partial charge >= 0.3 is 0 Å². The maximum absolute atomic E-state index is 6.11. The first-order chi connectivity index (χ1) is 11.3. The summed E-state index contributed by atoms with van der Waals surface area (Å²) in [6.07, 6.45) is 2.54. The fraction of sp³-hybridized carbons (Fsp3) is 0.400. The van der Waals surface area contributed by atoms with Crippen LogP contribution in [0.5, 0.6) is 5.75 Å². The van der Waals surface area contributed by atoms with Crippen molar-refractivity contribution in [3.63, 3.8) is 0 Å². The monoisotopic (exact) mass is 311 g/mol. The van der Waals surface area contributed by atoms with Gasteiger partial charge in [0.15, 0.2) is 0 Å². The maximum atomic E-state index is 6.11. The number of nitrogens with one attached hydrogen (secondary N) is 1. The van der Waals surface area contributed by atoms with Gasteiger partial charge in [-0.05, 0) is 48.6 Å². The van der Waals surface area contributed by atoms with Crippen LogP contribution in [0.3, 0.4) is 0 Å². The molecule has 1 saturated heterocycles. The smallest absolute Gasteiger partial charge is 0.118 e. The zero-order valence-corrected chi connectivity index (χ0v) is 13.7. The van der Waals surface area contributed by atoms with Crippen LogP contribution in [0.25, 0.3) is 0 Å². The van der Waals surface area contributed by atoms with Gasteiger partial charge in [0, 0.05) is 6.54 Å². The summed E-state index contributed by atoms with van der Waals surface area (Å²) in [5, 5.41) is 3.51. The topological polar surface area (TPSA) is 30.5 Å². The molecule has 2 aromatic rings. The molecule has 1 aliphatic heterocycles. The Morgan fingerprint density at radius 1 is 0.957 bits per heavy atom. The van der Waals surface area contributed by atoms with Crippen molar-refractivity contribution < 1.29 is 9.47 Å². The lowest BCUT2D eigenvalue weighted by Crippen LogP contribution is -2.41. The minimum atomic E-state index is 0.291. The van der Waals surface area contributed by atoms with Gasteiger partial charge in [-0.3, -0.25) is 0 Å². The third kappa shape index (κ3) is 4.81. The Balaban J connectivity index is 1.48. The van der Waals surface area contributed by atoms with E-state index in [1.54, 1.807) is 7.11 Å². The number of benzene rings is 2. The Labute approximate surface area is 138 Å². The molecule has 3 heteroatoms. The molecule has 0 amide bonds. The van der Waals surface area contributed by atoms with E-state index >= 15 is 0 Å². The van der Waals surface area contributed by atoms with Crippen LogP contribution in [-0.2, 0) is 17.8 Å². The predicted molar refractivity (Wildman–Crippen MR) is 92.7 cm³/mol. The summed E-state index contributed by atoms with van der Waals surface area (Å²) in [7, 11) is 1.69. The highest BCUT2D eigenvalue weighted by molar-refractivity contribution is 5.26. The van der Waals surface area contributed by atoms with Crippen LogP contribution in [0.2, 0.25) is 0 Å². The molecule has 3 nitrogen and oxygen atoms in total. The molecule has 0 saturated carbocycles. The summed E-state index contributed by atoms with van der Waals surface area (Å²) in [5.74, 6) is 1.53. The summed E-state index contributed by atoms with van der Waals surface area (Å²) >= 11 is 0. The minimum Gasteiger partial charge on any atom is -0.497 e. The van der Waals surface area contributed by atoms with E-state index in [1.807, 2.05) is 12.1 Å². The second kappa shape index (κ2) is 8.14. The molecule has 1 aliphatic rings. The summed E-state index contributed by atoms with van der Waals surface area (Å²) in [6, 6.07) is 18.8. The molecule has 0 bridgehead atoms. The molecule has 2 atom stereocenters. The van der Waals surface area contributed by atoms with Gasteiger partial charge in [-0.15, -0.1) is 0 Å².